The van der Waals surface area contributed by atoms with Crippen LogP contribution in [-0.4, -0.2) is 32.1 Å². The second-order valence-electron chi connectivity index (χ2n) is 8.35. The largest absolute Gasteiger partial charge is 0.497 e. The number of methoxy groups -OCH3 is 2. The summed E-state index contributed by atoms with van der Waals surface area (Å²) in [4.78, 5) is 29.1. The summed E-state index contributed by atoms with van der Waals surface area (Å²) in [7, 11) is 3.11. The van der Waals surface area contributed by atoms with E-state index < -0.39 is 11.9 Å². The van der Waals surface area contributed by atoms with Crippen molar-refractivity contribution < 1.29 is 23.5 Å². The zero-order valence-electron chi connectivity index (χ0n) is 19.5. The predicted molar refractivity (Wildman–Crippen MR) is 129 cm³/mol. The fraction of sp³-hybridized carbons (Fsp3) is 0.333. The number of nitrogens with zero attached hydrogens (tertiary/aromatic N) is 1. The first kappa shape index (κ1) is 23.4. The lowest BCUT2D eigenvalue weighted by atomic mass is 9.94. The number of ether oxygens (including phenoxy) is 2. The molecule has 7 nitrogen and oxygen atoms in total. The Morgan fingerprint density at radius 2 is 1.76 bits per heavy atom. The maximum Gasteiger partial charge on any atom is 0.295 e. The molecule has 2 amide bonds. The molecule has 0 spiro atoms. The second kappa shape index (κ2) is 10.9. The van der Waals surface area contributed by atoms with E-state index in [-0.39, 0.29) is 17.7 Å². The number of nitrogens with one attached hydrogen (secondary N) is 1. The molecule has 2 aromatic carbocycles. The topological polar surface area (TPSA) is 81.0 Å². The Morgan fingerprint density at radius 1 is 0.971 bits per heavy atom. The van der Waals surface area contributed by atoms with E-state index in [1.807, 2.05) is 24.3 Å². The van der Waals surface area contributed by atoms with Crippen LogP contribution < -0.4 is 19.7 Å². The fourth-order valence-corrected chi connectivity index (χ4v) is 4.47. The number of benzene rings is 2. The van der Waals surface area contributed by atoms with Gasteiger partial charge in [-0.3, -0.25) is 14.5 Å². The zero-order chi connectivity index (χ0) is 23.9. The predicted octanol–water partition coefficient (Wildman–Crippen LogP) is 5.13. The molecule has 1 aliphatic rings. The number of rotatable bonds is 8. The van der Waals surface area contributed by atoms with Gasteiger partial charge in [0, 0.05) is 6.04 Å². The molecule has 3 aromatic rings. The van der Waals surface area contributed by atoms with E-state index in [0.717, 1.165) is 25.7 Å². The molecular weight excluding hydrogens is 432 g/mol. The summed E-state index contributed by atoms with van der Waals surface area (Å²) in [6, 6.07) is 16.7. The highest BCUT2D eigenvalue weighted by Gasteiger charge is 2.37. The van der Waals surface area contributed by atoms with E-state index in [4.69, 9.17) is 13.9 Å². The lowest BCUT2D eigenvalue weighted by molar-refractivity contribution is -0.123. The van der Waals surface area contributed by atoms with Gasteiger partial charge in [0.15, 0.2) is 5.76 Å². The molecule has 0 saturated heterocycles. The van der Waals surface area contributed by atoms with Crippen molar-refractivity contribution in [2.75, 3.05) is 19.1 Å². The third kappa shape index (κ3) is 5.09. The Labute approximate surface area is 199 Å². The number of hydrogen-bond acceptors (Lipinski definition) is 5. The summed E-state index contributed by atoms with van der Waals surface area (Å²) in [5, 5.41) is 3.20. The first-order valence-corrected chi connectivity index (χ1v) is 11.6. The van der Waals surface area contributed by atoms with Crippen molar-refractivity contribution in [3.05, 3.63) is 78.3 Å². The summed E-state index contributed by atoms with van der Waals surface area (Å²) in [6.07, 6.45) is 6.63. The van der Waals surface area contributed by atoms with Gasteiger partial charge < -0.3 is 19.2 Å². The second-order valence-corrected chi connectivity index (χ2v) is 8.35. The molecule has 0 unspecified atom stereocenters. The van der Waals surface area contributed by atoms with E-state index in [1.165, 1.54) is 24.7 Å². The van der Waals surface area contributed by atoms with E-state index in [2.05, 4.69) is 5.32 Å². The van der Waals surface area contributed by atoms with Crippen molar-refractivity contribution in [1.29, 1.82) is 0 Å². The number of para-hydroxylation sites is 2. The average Bonchev–Trinajstić information content (AvgIpc) is 3.42. The van der Waals surface area contributed by atoms with Gasteiger partial charge in [0.05, 0.1) is 26.2 Å². The van der Waals surface area contributed by atoms with Crippen molar-refractivity contribution in [3.8, 4) is 11.5 Å². The van der Waals surface area contributed by atoms with E-state index in [1.54, 1.807) is 43.5 Å². The van der Waals surface area contributed by atoms with Crippen LogP contribution >= 0.6 is 0 Å². The minimum absolute atomic E-state index is 0.0765. The lowest BCUT2D eigenvalue weighted by Crippen LogP contribution is -2.47. The number of carbonyl (C=O) groups is 2. The number of carbonyl (C=O) groups excluding carboxylic acids is 2. The van der Waals surface area contributed by atoms with Gasteiger partial charge in [-0.25, -0.2) is 0 Å². The summed E-state index contributed by atoms with van der Waals surface area (Å²) >= 11 is 0. The Bertz CT molecular complexity index is 1110. The van der Waals surface area contributed by atoms with Crippen molar-refractivity contribution in [1.82, 2.24) is 5.32 Å². The Kier molecular flexibility index (Phi) is 7.52. The molecule has 0 radical (unpaired) electrons. The van der Waals surface area contributed by atoms with E-state index >= 15 is 0 Å². The molecule has 0 aliphatic heterocycles. The van der Waals surface area contributed by atoms with Gasteiger partial charge in [0.25, 0.3) is 5.91 Å². The van der Waals surface area contributed by atoms with Crippen LogP contribution in [0.3, 0.4) is 0 Å². The van der Waals surface area contributed by atoms with E-state index in [0.29, 0.717) is 22.7 Å². The van der Waals surface area contributed by atoms with Crippen LogP contribution in [0.1, 0.15) is 54.3 Å². The molecular formula is C27H30N2O5. The zero-order valence-corrected chi connectivity index (χ0v) is 19.5. The third-order valence-electron chi connectivity index (χ3n) is 6.16. The van der Waals surface area contributed by atoms with Gasteiger partial charge in [-0.2, -0.15) is 0 Å². The van der Waals surface area contributed by atoms with Crippen LogP contribution in [0, 0.1) is 0 Å². The Balaban J connectivity index is 1.84. The van der Waals surface area contributed by atoms with Gasteiger partial charge in [-0.05, 0) is 54.8 Å². The molecule has 34 heavy (non-hydrogen) atoms. The van der Waals surface area contributed by atoms with Crippen LogP contribution in [0.5, 0.6) is 11.5 Å². The highest BCUT2D eigenvalue weighted by Crippen LogP contribution is 2.37. The number of anilines is 1. The van der Waals surface area contributed by atoms with Crippen LogP contribution in [0.25, 0.3) is 0 Å². The normalized spacial score (nSPS) is 14.8. The molecule has 0 bridgehead atoms. The standard InChI is InChI=1S/C27H30N2O5/c1-32-21-13-8-10-19(18-21)25(26(30)28-20-11-4-3-5-12-20)29(27(31)24-16-9-17-34-24)22-14-6-7-15-23(22)33-2/h6-10,13-18,20,25H,3-5,11-12H2,1-2H3,(H,28,30)/t25-/m0/s1. The van der Waals surface area contributed by atoms with Crippen molar-refractivity contribution in [3.63, 3.8) is 0 Å². The molecule has 1 aliphatic carbocycles. The highest BCUT2D eigenvalue weighted by molar-refractivity contribution is 6.09. The molecule has 1 heterocycles. The molecule has 7 heteroatoms. The number of furan rings is 1. The van der Waals surface area contributed by atoms with Gasteiger partial charge in [-0.1, -0.05) is 43.5 Å². The molecule has 1 aromatic heterocycles. The lowest BCUT2D eigenvalue weighted by Gasteiger charge is -2.33. The number of hydrogen-bond donors (Lipinski definition) is 1. The molecule has 1 atom stereocenters. The van der Waals surface area contributed by atoms with Crippen molar-refractivity contribution >= 4 is 17.5 Å². The van der Waals surface area contributed by atoms with Crippen LogP contribution in [-0.2, 0) is 4.79 Å². The molecule has 178 valence electrons. The minimum Gasteiger partial charge on any atom is -0.497 e. The molecule has 1 fully saturated rings. The molecule has 4 rings (SSSR count). The summed E-state index contributed by atoms with van der Waals surface area (Å²) in [5.74, 6) is 0.496. The van der Waals surface area contributed by atoms with Crippen molar-refractivity contribution in [2.45, 2.75) is 44.2 Å². The average molecular weight is 463 g/mol. The maximum absolute atomic E-state index is 13.9. The molecule has 1 N–H and O–H groups in total. The van der Waals surface area contributed by atoms with Crippen LogP contribution in [0.15, 0.2) is 71.3 Å². The first-order valence-electron chi connectivity index (χ1n) is 11.6. The molecule has 1 saturated carbocycles. The summed E-state index contributed by atoms with van der Waals surface area (Å²) in [5.41, 5.74) is 1.09. The van der Waals surface area contributed by atoms with Gasteiger partial charge in [0.2, 0.25) is 5.91 Å². The van der Waals surface area contributed by atoms with Crippen LogP contribution in [0.2, 0.25) is 0 Å². The monoisotopic (exact) mass is 462 g/mol. The smallest absolute Gasteiger partial charge is 0.295 e. The SMILES string of the molecule is COc1cccc([C@@H](C(=O)NC2CCCCC2)N(C(=O)c2ccco2)c2ccccc2OC)c1. The Morgan fingerprint density at radius 3 is 2.47 bits per heavy atom. The Hall–Kier alpha value is -3.74. The number of amides is 2. The van der Waals surface area contributed by atoms with Crippen LogP contribution in [0.4, 0.5) is 5.69 Å². The van der Waals surface area contributed by atoms with Crippen molar-refractivity contribution in [2.24, 2.45) is 0 Å². The maximum atomic E-state index is 13.9. The minimum atomic E-state index is -0.967. The summed E-state index contributed by atoms with van der Waals surface area (Å²) in [6.45, 7) is 0. The first-order chi connectivity index (χ1) is 16.6. The van der Waals surface area contributed by atoms with E-state index in [9.17, 15) is 9.59 Å². The highest BCUT2D eigenvalue weighted by atomic mass is 16.5. The summed E-state index contributed by atoms with van der Waals surface area (Å²) < 4.78 is 16.4. The quantitative estimate of drug-likeness (QED) is 0.502. The van der Waals surface area contributed by atoms with Gasteiger partial charge in [-0.15, -0.1) is 0 Å². The fourth-order valence-electron chi connectivity index (χ4n) is 4.47. The van der Waals surface area contributed by atoms with Gasteiger partial charge >= 0.3 is 0 Å². The third-order valence-corrected chi connectivity index (χ3v) is 6.16. The van der Waals surface area contributed by atoms with Gasteiger partial charge in [0.1, 0.15) is 17.5 Å².